The monoisotopic (exact) mass is 559 g/mol. The number of hydrogen-bond donors (Lipinski definition) is 1. The van der Waals surface area contributed by atoms with E-state index in [2.05, 4.69) is 15.0 Å². The van der Waals surface area contributed by atoms with Gasteiger partial charge < -0.3 is 14.8 Å². The zero-order valence-corrected chi connectivity index (χ0v) is 21.8. The Bertz CT molecular complexity index is 1300. The molecule has 0 bridgehead atoms. The van der Waals surface area contributed by atoms with Gasteiger partial charge in [0, 0.05) is 29.8 Å². The number of nitrogens with zero attached hydrogens (tertiary/aromatic N) is 2. The molecule has 0 radical (unpaired) electrons. The lowest BCUT2D eigenvalue weighted by Gasteiger charge is -2.32. The third-order valence-electron chi connectivity index (χ3n) is 5.32. The van der Waals surface area contributed by atoms with Crippen molar-refractivity contribution in [2.24, 2.45) is 4.99 Å². The standard InChI is InChI=1S/C27H24ClF2N3O4S/c1-2-36-22-10-6-9-20(15-22)31-25(35)23-16-24(34)33(17-18-7-4-3-5-8-18)26(38-23)32-19-11-13-21(14-12-19)37-27(28,29)30/h3-15,23H,2,16-17H2,1H3,(H,31,35). The summed E-state index contributed by atoms with van der Waals surface area (Å²) in [5.74, 6) is -0.143. The second kappa shape index (κ2) is 12.3. The van der Waals surface area contributed by atoms with Crippen molar-refractivity contribution in [2.45, 2.75) is 30.7 Å². The highest BCUT2D eigenvalue weighted by Crippen LogP contribution is 2.32. The highest BCUT2D eigenvalue weighted by Gasteiger charge is 2.36. The molecule has 1 aliphatic rings. The molecule has 1 aliphatic heterocycles. The van der Waals surface area contributed by atoms with Crippen molar-refractivity contribution in [3.05, 3.63) is 84.4 Å². The molecular weight excluding hydrogens is 536 g/mol. The van der Waals surface area contributed by atoms with E-state index in [0.29, 0.717) is 28.9 Å². The Balaban J connectivity index is 1.57. The molecule has 0 aromatic heterocycles. The molecule has 1 heterocycles. The minimum absolute atomic E-state index is 0.0227. The van der Waals surface area contributed by atoms with Crippen LogP contribution in [0.15, 0.2) is 83.9 Å². The number of anilines is 1. The van der Waals surface area contributed by atoms with Gasteiger partial charge in [-0.25, -0.2) is 4.99 Å². The van der Waals surface area contributed by atoms with Crippen LogP contribution in [0.4, 0.5) is 20.2 Å². The summed E-state index contributed by atoms with van der Waals surface area (Å²) in [6.45, 7) is 2.62. The average Bonchev–Trinajstić information content (AvgIpc) is 2.87. The number of rotatable bonds is 9. The number of carbonyl (C=O) groups is 2. The normalized spacial score (nSPS) is 16.8. The molecule has 4 rings (SSSR count). The maximum Gasteiger partial charge on any atom is 0.487 e. The van der Waals surface area contributed by atoms with E-state index in [-0.39, 0.29) is 30.5 Å². The van der Waals surface area contributed by atoms with Crippen LogP contribution in [-0.4, -0.2) is 39.3 Å². The highest BCUT2D eigenvalue weighted by molar-refractivity contribution is 8.15. The van der Waals surface area contributed by atoms with E-state index in [1.54, 1.807) is 24.3 Å². The van der Waals surface area contributed by atoms with Crippen LogP contribution in [0.25, 0.3) is 0 Å². The molecule has 7 nitrogen and oxygen atoms in total. The van der Waals surface area contributed by atoms with Crippen LogP contribution in [0, 0.1) is 0 Å². The van der Waals surface area contributed by atoms with Gasteiger partial charge in [-0.05, 0) is 48.9 Å². The van der Waals surface area contributed by atoms with Crippen LogP contribution in [0.2, 0.25) is 0 Å². The van der Waals surface area contributed by atoms with Crippen molar-refractivity contribution in [2.75, 3.05) is 11.9 Å². The number of nitrogens with one attached hydrogen (secondary N) is 1. The Hall–Kier alpha value is -3.63. The summed E-state index contributed by atoms with van der Waals surface area (Å²) < 4.78 is 35.7. The van der Waals surface area contributed by atoms with Gasteiger partial charge in [-0.1, -0.05) is 48.2 Å². The van der Waals surface area contributed by atoms with Crippen LogP contribution < -0.4 is 14.8 Å². The minimum atomic E-state index is -3.84. The number of hydrogen-bond acceptors (Lipinski definition) is 6. The van der Waals surface area contributed by atoms with Crippen LogP contribution in [0.5, 0.6) is 11.5 Å². The summed E-state index contributed by atoms with van der Waals surface area (Å²) in [5.41, 5.74) is -2.02. The molecule has 1 saturated heterocycles. The SMILES string of the molecule is CCOc1cccc(NC(=O)C2CC(=O)N(Cc3ccccc3)C(=Nc3ccc(OC(F)(F)Cl)cc3)S2)c1. The first-order chi connectivity index (χ1) is 18.2. The summed E-state index contributed by atoms with van der Waals surface area (Å²) >= 11 is 5.98. The number of thioether (sulfide) groups is 1. The van der Waals surface area contributed by atoms with Gasteiger partial charge >= 0.3 is 5.57 Å². The van der Waals surface area contributed by atoms with Crippen LogP contribution in [0.1, 0.15) is 18.9 Å². The van der Waals surface area contributed by atoms with E-state index < -0.39 is 10.8 Å². The van der Waals surface area contributed by atoms with Gasteiger partial charge in [0.2, 0.25) is 11.8 Å². The molecule has 3 aromatic carbocycles. The van der Waals surface area contributed by atoms with Gasteiger partial charge in [-0.15, -0.1) is 8.78 Å². The number of alkyl halides is 3. The minimum Gasteiger partial charge on any atom is -0.494 e. The predicted molar refractivity (Wildman–Crippen MR) is 144 cm³/mol. The highest BCUT2D eigenvalue weighted by atomic mass is 35.5. The zero-order chi connectivity index (χ0) is 27.1. The van der Waals surface area contributed by atoms with Crippen LogP contribution in [-0.2, 0) is 16.1 Å². The Morgan fingerprint density at radius 1 is 1.11 bits per heavy atom. The number of amides is 2. The molecule has 1 atom stereocenters. The topological polar surface area (TPSA) is 80.2 Å². The molecule has 11 heteroatoms. The molecule has 0 aliphatic carbocycles. The summed E-state index contributed by atoms with van der Waals surface area (Å²) in [6, 6.07) is 21.9. The van der Waals surface area contributed by atoms with Crippen molar-refractivity contribution in [1.82, 2.24) is 4.90 Å². The summed E-state index contributed by atoms with van der Waals surface area (Å²) in [4.78, 5) is 32.4. The van der Waals surface area contributed by atoms with Crippen molar-refractivity contribution in [3.63, 3.8) is 0 Å². The molecule has 1 N–H and O–H groups in total. The van der Waals surface area contributed by atoms with Crippen molar-refractivity contribution in [3.8, 4) is 11.5 Å². The average molecular weight is 560 g/mol. The maximum absolute atomic E-state index is 13.2. The number of amidine groups is 1. The lowest BCUT2D eigenvalue weighted by atomic mass is 10.2. The van der Waals surface area contributed by atoms with Gasteiger partial charge in [0.1, 0.15) is 16.7 Å². The van der Waals surface area contributed by atoms with E-state index in [1.165, 1.54) is 29.2 Å². The van der Waals surface area contributed by atoms with E-state index in [1.807, 2.05) is 37.3 Å². The largest absolute Gasteiger partial charge is 0.494 e. The Kier molecular flexibility index (Phi) is 8.85. The Labute approximate surface area is 227 Å². The lowest BCUT2D eigenvalue weighted by Crippen LogP contribution is -2.44. The van der Waals surface area contributed by atoms with E-state index in [4.69, 9.17) is 16.3 Å². The Morgan fingerprint density at radius 2 is 1.84 bits per heavy atom. The molecule has 1 unspecified atom stereocenters. The molecule has 3 aromatic rings. The molecule has 38 heavy (non-hydrogen) atoms. The first-order valence-corrected chi connectivity index (χ1v) is 12.9. The van der Waals surface area contributed by atoms with Crippen LogP contribution >= 0.6 is 23.4 Å². The first kappa shape index (κ1) is 27.4. The molecule has 1 fully saturated rings. The van der Waals surface area contributed by atoms with Gasteiger partial charge in [0.15, 0.2) is 5.17 Å². The summed E-state index contributed by atoms with van der Waals surface area (Å²) in [5, 5.41) is 2.42. The zero-order valence-electron chi connectivity index (χ0n) is 20.3. The fourth-order valence-electron chi connectivity index (χ4n) is 3.65. The Morgan fingerprint density at radius 3 is 2.53 bits per heavy atom. The van der Waals surface area contributed by atoms with Gasteiger partial charge in [0.25, 0.3) is 0 Å². The van der Waals surface area contributed by atoms with E-state index in [9.17, 15) is 18.4 Å². The summed E-state index contributed by atoms with van der Waals surface area (Å²) in [7, 11) is 0. The predicted octanol–water partition coefficient (Wildman–Crippen LogP) is 6.41. The molecule has 0 saturated carbocycles. The third-order valence-corrected chi connectivity index (χ3v) is 6.59. The number of halogens is 3. The fraction of sp³-hybridized carbons (Fsp3) is 0.222. The van der Waals surface area contributed by atoms with E-state index >= 15 is 0 Å². The molecule has 0 spiro atoms. The van der Waals surface area contributed by atoms with Crippen molar-refractivity contribution in [1.29, 1.82) is 0 Å². The van der Waals surface area contributed by atoms with Crippen molar-refractivity contribution >= 4 is 51.7 Å². The maximum atomic E-state index is 13.2. The third kappa shape index (κ3) is 7.69. The van der Waals surface area contributed by atoms with E-state index in [0.717, 1.165) is 17.3 Å². The number of aliphatic imine (C=N–C) groups is 1. The van der Waals surface area contributed by atoms with Crippen molar-refractivity contribution < 1.29 is 27.8 Å². The quantitative estimate of drug-likeness (QED) is 0.306. The molecular formula is C27H24ClF2N3O4S. The fourth-order valence-corrected chi connectivity index (χ4v) is 4.84. The first-order valence-electron chi connectivity index (χ1n) is 11.7. The van der Waals surface area contributed by atoms with Gasteiger partial charge in [0.05, 0.1) is 18.8 Å². The second-order valence-corrected chi connectivity index (χ2v) is 9.77. The second-order valence-electron chi connectivity index (χ2n) is 8.16. The molecule has 198 valence electrons. The summed E-state index contributed by atoms with van der Waals surface area (Å²) in [6.07, 6.45) is -0.0227. The number of ether oxygens (including phenoxy) is 2. The smallest absolute Gasteiger partial charge is 0.487 e. The van der Waals surface area contributed by atoms with Gasteiger partial charge in [-0.2, -0.15) is 0 Å². The van der Waals surface area contributed by atoms with Gasteiger partial charge in [-0.3, -0.25) is 14.5 Å². The number of carbonyl (C=O) groups excluding carboxylic acids is 2. The molecule has 2 amide bonds. The lowest BCUT2D eigenvalue weighted by molar-refractivity contribution is -0.129. The van der Waals surface area contributed by atoms with Crippen LogP contribution in [0.3, 0.4) is 0 Å². The number of benzene rings is 3.